The van der Waals surface area contributed by atoms with Crippen LogP contribution in [0.1, 0.15) is 11.1 Å². The van der Waals surface area contributed by atoms with Gasteiger partial charge in [0.2, 0.25) is 0 Å². The van der Waals surface area contributed by atoms with Crippen LogP contribution in [-0.2, 0) is 39.1 Å². The Balaban J connectivity index is 0.000000810. The molecule has 0 aliphatic carbocycles. The average Bonchev–Trinajstić information content (AvgIpc) is 1.89. The zero-order valence-electron chi connectivity index (χ0n) is 6.01. The summed E-state index contributed by atoms with van der Waals surface area (Å²) in [5.74, 6) is 0. The maximum absolute atomic E-state index is 3.85. The van der Waals surface area contributed by atoms with E-state index in [0.717, 1.165) is 12.0 Å². The Morgan fingerprint density at radius 2 is 1.80 bits per heavy atom. The second-order valence-electron chi connectivity index (χ2n) is 2.02. The van der Waals surface area contributed by atoms with Gasteiger partial charge in [-0.15, -0.1) is 12.1 Å². The Morgan fingerprint density at radius 3 is 2.20 bits per heavy atom. The van der Waals surface area contributed by atoms with Crippen LogP contribution >= 0.6 is 0 Å². The first-order valence-corrected chi connectivity index (χ1v) is 3.03. The minimum atomic E-state index is 0. The van der Waals surface area contributed by atoms with Crippen molar-refractivity contribution in [2.75, 3.05) is 0 Å². The van der Waals surface area contributed by atoms with Gasteiger partial charge in [-0.05, 0) is 0 Å². The van der Waals surface area contributed by atoms with Crippen molar-refractivity contribution in [3.8, 4) is 0 Å². The molecular formula is C9H10Y-2. The Hall–Kier alpha value is 0.194. The van der Waals surface area contributed by atoms with Crippen molar-refractivity contribution in [3.63, 3.8) is 0 Å². The molecule has 0 fully saturated rings. The van der Waals surface area contributed by atoms with Gasteiger partial charge >= 0.3 is 0 Å². The van der Waals surface area contributed by atoms with E-state index < -0.39 is 0 Å². The van der Waals surface area contributed by atoms with Gasteiger partial charge in [-0.2, -0.15) is 24.1 Å². The second-order valence-corrected chi connectivity index (χ2v) is 2.02. The Morgan fingerprint density at radius 1 is 1.20 bits per heavy atom. The van der Waals surface area contributed by atoms with E-state index in [0.29, 0.717) is 0 Å². The molecule has 0 unspecified atom stereocenters. The van der Waals surface area contributed by atoms with E-state index >= 15 is 0 Å². The van der Waals surface area contributed by atoms with Crippen LogP contribution in [0.15, 0.2) is 24.3 Å². The zero-order chi connectivity index (χ0) is 6.69. The quantitative estimate of drug-likeness (QED) is 0.619. The van der Waals surface area contributed by atoms with Gasteiger partial charge in [0.25, 0.3) is 0 Å². The molecule has 0 heterocycles. The van der Waals surface area contributed by atoms with E-state index in [1.807, 2.05) is 18.2 Å². The average molecular weight is 207 g/mol. The normalized spacial score (nSPS) is 8.50. The van der Waals surface area contributed by atoms with Crippen molar-refractivity contribution in [3.05, 3.63) is 49.2 Å². The molecule has 1 heteroatoms. The summed E-state index contributed by atoms with van der Waals surface area (Å²) >= 11 is 0. The number of hydrogen-bond donors (Lipinski definition) is 0. The molecule has 1 aromatic rings. The smallest absolute Gasteiger partial charge is 0 e. The number of hydrogen-bond acceptors (Lipinski definition) is 0. The van der Waals surface area contributed by atoms with E-state index in [2.05, 4.69) is 19.9 Å². The number of rotatable bonds is 1. The van der Waals surface area contributed by atoms with Gasteiger partial charge in [0.05, 0.1) is 0 Å². The third-order valence-electron chi connectivity index (χ3n) is 1.39. The molecule has 1 rings (SSSR count). The Bertz CT molecular complexity index is 194. The second kappa shape index (κ2) is 4.93. The summed E-state index contributed by atoms with van der Waals surface area (Å²) in [6.07, 6.45) is 0.833. The first-order valence-electron chi connectivity index (χ1n) is 3.03. The van der Waals surface area contributed by atoms with E-state index in [-0.39, 0.29) is 32.7 Å². The van der Waals surface area contributed by atoms with Crippen molar-refractivity contribution in [2.24, 2.45) is 0 Å². The van der Waals surface area contributed by atoms with Crippen LogP contribution in [0.4, 0.5) is 0 Å². The monoisotopic (exact) mass is 207 g/mol. The third-order valence-corrected chi connectivity index (χ3v) is 1.39. The summed E-state index contributed by atoms with van der Waals surface area (Å²) in [4.78, 5) is 0. The molecule has 1 aromatic carbocycles. The molecule has 0 saturated heterocycles. The molecule has 1 radical (unpaired) electrons. The Kier molecular flexibility index (Phi) is 5.02. The summed E-state index contributed by atoms with van der Waals surface area (Å²) in [5, 5.41) is 0. The molecule has 0 N–H and O–H groups in total. The topological polar surface area (TPSA) is 0 Å². The molecule has 0 aliphatic heterocycles. The van der Waals surface area contributed by atoms with Crippen LogP contribution in [0.5, 0.6) is 0 Å². The maximum Gasteiger partial charge on any atom is 0 e. The van der Waals surface area contributed by atoms with E-state index in [1.165, 1.54) is 5.56 Å². The summed E-state index contributed by atoms with van der Waals surface area (Å²) in [6, 6.07) is 8.05. The van der Waals surface area contributed by atoms with E-state index in [1.54, 1.807) is 0 Å². The van der Waals surface area contributed by atoms with Crippen molar-refractivity contribution in [1.29, 1.82) is 0 Å². The van der Waals surface area contributed by atoms with Crippen LogP contribution in [0.3, 0.4) is 0 Å². The molecule has 0 bridgehead atoms. The fraction of sp³-hybridized carbons (Fsp3) is 0.111. The van der Waals surface area contributed by atoms with Gasteiger partial charge in [0.15, 0.2) is 0 Å². The van der Waals surface area contributed by atoms with Crippen LogP contribution in [-0.4, -0.2) is 0 Å². The summed E-state index contributed by atoms with van der Waals surface area (Å²) in [6.45, 7) is 7.63. The van der Waals surface area contributed by atoms with Gasteiger partial charge in [-0.3, -0.25) is 0 Å². The first kappa shape index (κ1) is 10.2. The maximum atomic E-state index is 3.85. The summed E-state index contributed by atoms with van der Waals surface area (Å²) in [7, 11) is 0. The van der Waals surface area contributed by atoms with E-state index in [9.17, 15) is 0 Å². The van der Waals surface area contributed by atoms with Gasteiger partial charge in [0.1, 0.15) is 0 Å². The van der Waals surface area contributed by atoms with E-state index in [4.69, 9.17) is 0 Å². The van der Waals surface area contributed by atoms with Crippen molar-refractivity contribution >= 4 is 0 Å². The third kappa shape index (κ3) is 2.44. The van der Waals surface area contributed by atoms with Gasteiger partial charge in [0, 0.05) is 32.7 Å². The van der Waals surface area contributed by atoms with Crippen LogP contribution in [0.25, 0.3) is 0 Å². The van der Waals surface area contributed by atoms with Gasteiger partial charge in [-0.25, -0.2) is 6.42 Å². The van der Waals surface area contributed by atoms with Crippen LogP contribution in [0.2, 0.25) is 0 Å². The predicted octanol–water partition coefficient (Wildman–Crippen LogP) is 2.24. The SMILES string of the molecule is [CH2-]Cc1ccccc1[CH2-].[Y]. The largest absolute Gasteiger partial charge is 0.350 e. The van der Waals surface area contributed by atoms with Crippen molar-refractivity contribution in [1.82, 2.24) is 0 Å². The molecule has 0 atom stereocenters. The van der Waals surface area contributed by atoms with Crippen molar-refractivity contribution in [2.45, 2.75) is 6.42 Å². The fourth-order valence-corrected chi connectivity index (χ4v) is 0.801. The summed E-state index contributed by atoms with van der Waals surface area (Å²) in [5.41, 5.74) is 2.32. The van der Waals surface area contributed by atoms with Crippen LogP contribution < -0.4 is 0 Å². The molecule has 0 aromatic heterocycles. The fourth-order valence-electron chi connectivity index (χ4n) is 0.801. The molecule has 0 nitrogen and oxygen atoms in total. The minimum absolute atomic E-state index is 0. The molecule has 0 aliphatic rings. The molecule has 10 heavy (non-hydrogen) atoms. The van der Waals surface area contributed by atoms with Crippen molar-refractivity contribution < 1.29 is 32.7 Å². The standard InChI is InChI=1S/C9H10.Y/c1-3-9-7-5-4-6-8(9)2;/h4-7H,1-3H2;/q-2;. The number of benzene rings is 1. The van der Waals surface area contributed by atoms with Gasteiger partial charge in [-0.1, -0.05) is 6.07 Å². The first-order chi connectivity index (χ1) is 4.34. The summed E-state index contributed by atoms with van der Waals surface area (Å²) < 4.78 is 0. The van der Waals surface area contributed by atoms with Gasteiger partial charge < -0.3 is 6.92 Å². The zero-order valence-corrected chi connectivity index (χ0v) is 8.85. The molecule has 51 valence electrons. The molecular weight excluding hydrogens is 197 g/mol. The minimum Gasteiger partial charge on any atom is -0.350 e. The van der Waals surface area contributed by atoms with Crippen LogP contribution in [0, 0.1) is 13.8 Å². The Labute approximate surface area is 87.9 Å². The molecule has 0 spiro atoms. The molecule has 0 saturated carbocycles. The predicted molar refractivity (Wildman–Crippen MR) is 40.0 cm³/mol. The molecule has 0 amide bonds.